The lowest BCUT2D eigenvalue weighted by atomic mass is 10.1. The third-order valence-corrected chi connectivity index (χ3v) is 6.19. The number of nitrogens with one attached hydrogen (secondary N) is 2. The van der Waals surface area contributed by atoms with Crippen molar-refractivity contribution in [1.82, 2.24) is 20.2 Å². The maximum Gasteiger partial charge on any atom is 0.263 e. The normalized spacial score (nSPS) is 18.2. The number of hydrogen-bond donors (Lipinski definition) is 2. The van der Waals surface area contributed by atoms with E-state index >= 15 is 0 Å². The highest BCUT2D eigenvalue weighted by Gasteiger charge is 2.30. The quantitative estimate of drug-likeness (QED) is 0.635. The summed E-state index contributed by atoms with van der Waals surface area (Å²) in [4.78, 5) is 41.3. The summed E-state index contributed by atoms with van der Waals surface area (Å²) < 4.78 is 1.83. The minimum Gasteiger partial charge on any atom is -0.347 e. The molecule has 154 valence electrons. The van der Waals surface area contributed by atoms with Gasteiger partial charge in [-0.1, -0.05) is 29.0 Å². The molecule has 1 aliphatic rings. The molecule has 2 N–H and O–H groups in total. The SMILES string of the molecule is O=C(NC1CCC[C@H]1NC(=O)c1cnc(Cl)s1)c1ccc(-n2ccccc2=O)cc1. The van der Waals surface area contributed by atoms with Gasteiger partial charge >= 0.3 is 0 Å². The molecule has 4 rings (SSSR count). The molecule has 0 spiro atoms. The summed E-state index contributed by atoms with van der Waals surface area (Å²) in [7, 11) is 0. The number of amides is 2. The molecule has 9 heteroatoms. The van der Waals surface area contributed by atoms with E-state index in [4.69, 9.17) is 11.6 Å². The molecule has 1 unspecified atom stereocenters. The third kappa shape index (κ3) is 4.44. The first-order valence-corrected chi connectivity index (χ1v) is 10.7. The number of hydrogen-bond acceptors (Lipinski definition) is 5. The molecule has 0 saturated heterocycles. The van der Waals surface area contributed by atoms with Gasteiger partial charge in [0.2, 0.25) is 0 Å². The Hall–Kier alpha value is -2.97. The Morgan fingerprint density at radius 2 is 1.73 bits per heavy atom. The maximum atomic E-state index is 12.7. The molecule has 0 radical (unpaired) electrons. The maximum absolute atomic E-state index is 12.7. The number of pyridine rings is 1. The fourth-order valence-electron chi connectivity index (χ4n) is 3.57. The first-order chi connectivity index (χ1) is 14.5. The number of carbonyl (C=O) groups is 2. The number of halogens is 1. The molecular weight excluding hydrogens is 424 g/mol. The van der Waals surface area contributed by atoms with E-state index < -0.39 is 0 Å². The lowest BCUT2D eigenvalue weighted by molar-refractivity contribution is 0.0894. The van der Waals surface area contributed by atoms with Crippen molar-refractivity contribution in [2.75, 3.05) is 0 Å². The third-order valence-electron chi connectivity index (χ3n) is 5.08. The van der Waals surface area contributed by atoms with Gasteiger partial charge in [0.25, 0.3) is 17.4 Å². The van der Waals surface area contributed by atoms with E-state index in [-0.39, 0.29) is 29.5 Å². The molecule has 1 saturated carbocycles. The molecule has 0 bridgehead atoms. The van der Waals surface area contributed by atoms with E-state index in [9.17, 15) is 14.4 Å². The highest BCUT2D eigenvalue weighted by molar-refractivity contribution is 7.17. The first-order valence-electron chi connectivity index (χ1n) is 9.52. The van der Waals surface area contributed by atoms with Crippen LogP contribution in [0, 0.1) is 0 Å². The van der Waals surface area contributed by atoms with Crippen LogP contribution >= 0.6 is 22.9 Å². The van der Waals surface area contributed by atoms with Crippen molar-refractivity contribution in [3.05, 3.63) is 80.1 Å². The van der Waals surface area contributed by atoms with E-state index in [0.29, 0.717) is 20.6 Å². The van der Waals surface area contributed by atoms with Crippen molar-refractivity contribution in [1.29, 1.82) is 0 Å². The molecule has 0 aliphatic heterocycles. The Bertz CT molecular complexity index is 1130. The van der Waals surface area contributed by atoms with Crippen LogP contribution in [0.25, 0.3) is 5.69 Å². The smallest absolute Gasteiger partial charge is 0.263 e. The molecule has 1 fully saturated rings. The Morgan fingerprint density at radius 1 is 1.03 bits per heavy atom. The number of rotatable bonds is 5. The van der Waals surface area contributed by atoms with E-state index in [0.717, 1.165) is 30.6 Å². The summed E-state index contributed by atoms with van der Waals surface area (Å²) in [5, 5.41) is 5.99. The Balaban J connectivity index is 1.41. The first kappa shape index (κ1) is 20.3. The Labute approximate surface area is 181 Å². The largest absolute Gasteiger partial charge is 0.347 e. The highest BCUT2D eigenvalue weighted by Crippen LogP contribution is 2.22. The zero-order chi connectivity index (χ0) is 21.1. The van der Waals surface area contributed by atoms with Gasteiger partial charge < -0.3 is 10.6 Å². The zero-order valence-electron chi connectivity index (χ0n) is 15.9. The van der Waals surface area contributed by atoms with Gasteiger partial charge in [-0.25, -0.2) is 4.98 Å². The number of benzene rings is 1. The van der Waals surface area contributed by atoms with Crippen molar-refractivity contribution in [2.45, 2.75) is 31.3 Å². The average Bonchev–Trinajstić information content (AvgIpc) is 3.37. The molecule has 2 amide bonds. The van der Waals surface area contributed by atoms with Crippen molar-refractivity contribution in [3.63, 3.8) is 0 Å². The van der Waals surface area contributed by atoms with Crippen LogP contribution < -0.4 is 16.2 Å². The lowest BCUT2D eigenvalue weighted by Gasteiger charge is -2.22. The van der Waals surface area contributed by atoms with Crippen LogP contribution in [0.3, 0.4) is 0 Å². The molecule has 7 nitrogen and oxygen atoms in total. The van der Waals surface area contributed by atoms with Crippen LogP contribution in [-0.2, 0) is 0 Å². The van der Waals surface area contributed by atoms with Crippen molar-refractivity contribution < 1.29 is 9.59 Å². The number of thiazole rings is 1. The fourth-order valence-corrected chi connectivity index (χ4v) is 4.41. The second-order valence-electron chi connectivity index (χ2n) is 7.02. The van der Waals surface area contributed by atoms with Crippen LogP contribution in [-0.4, -0.2) is 33.4 Å². The van der Waals surface area contributed by atoms with E-state index in [1.54, 1.807) is 42.6 Å². The van der Waals surface area contributed by atoms with Crippen molar-refractivity contribution in [3.8, 4) is 5.69 Å². The molecule has 2 atom stereocenters. The lowest BCUT2D eigenvalue weighted by Crippen LogP contribution is -2.48. The van der Waals surface area contributed by atoms with Crippen LogP contribution in [0.5, 0.6) is 0 Å². The fraction of sp³-hybridized carbons (Fsp3) is 0.238. The Morgan fingerprint density at radius 3 is 2.37 bits per heavy atom. The number of nitrogens with zero attached hydrogens (tertiary/aromatic N) is 2. The predicted molar refractivity (Wildman–Crippen MR) is 116 cm³/mol. The highest BCUT2D eigenvalue weighted by atomic mass is 35.5. The monoisotopic (exact) mass is 442 g/mol. The van der Waals surface area contributed by atoms with Gasteiger partial charge in [0.1, 0.15) is 4.88 Å². The minimum atomic E-state index is -0.233. The average molecular weight is 443 g/mol. The molecule has 2 aromatic heterocycles. The van der Waals surface area contributed by atoms with Gasteiger partial charge in [-0.15, -0.1) is 0 Å². The van der Waals surface area contributed by atoms with Gasteiger partial charge in [-0.3, -0.25) is 19.0 Å². The summed E-state index contributed by atoms with van der Waals surface area (Å²) in [5.74, 6) is -0.447. The zero-order valence-corrected chi connectivity index (χ0v) is 17.4. The predicted octanol–water partition coefficient (Wildman–Crippen LogP) is 3.03. The second-order valence-corrected chi connectivity index (χ2v) is 8.64. The summed E-state index contributed by atoms with van der Waals surface area (Å²) in [5.41, 5.74) is 1.04. The van der Waals surface area contributed by atoms with E-state index in [1.165, 1.54) is 16.8 Å². The van der Waals surface area contributed by atoms with Crippen LogP contribution in [0.2, 0.25) is 4.47 Å². The van der Waals surface area contributed by atoms with Crippen molar-refractivity contribution >= 4 is 34.8 Å². The van der Waals surface area contributed by atoms with Gasteiger partial charge in [0.15, 0.2) is 4.47 Å². The molecular formula is C21H19ClN4O3S. The second kappa shape index (κ2) is 8.81. The topological polar surface area (TPSA) is 93.1 Å². The summed E-state index contributed by atoms with van der Waals surface area (Å²) in [6.07, 6.45) is 5.62. The van der Waals surface area contributed by atoms with Gasteiger partial charge in [-0.2, -0.15) is 0 Å². The van der Waals surface area contributed by atoms with Crippen molar-refractivity contribution in [2.24, 2.45) is 0 Å². The molecule has 1 aliphatic carbocycles. The van der Waals surface area contributed by atoms with E-state index in [1.807, 2.05) is 0 Å². The minimum absolute atomic E-state index is 0.138. The number of aromatic nitrogens is 2. The standard InChI is InChI=1S/C21H19ClN4O3S/c22-21-23-12-17(30-21)20(29)25-16-5-3-4-15(16)24-19(28)13-7-9-14(10-8-13)26-11-2-1-6-18(26)27/h1-2,6-12,15-16H,3-5H2,(H,24,28)(H,25,29)/t15?,16-/m1/s1. The molecule has 3 aromatic rings. The van der Waals surface area contributed by atoms with E-state index in [2.05, 4.69) is 15.6 Å². The molecule has 1 aromatic carbocycles. The number of carbonyl (C=O) groups excluding carboxylic acids is 2. The summed E-state index contributed by atoms with van der Waals surface area (Å²) in [6.45, 7) is 0. The van der Waals surface area contributed by atoms with Crippen LogP contribution in [0.1, 0.15) is 39.3 Å². The van der Waals surface area contributed by atoms with Gasteiger partial charge in [0.05, 0.1) is 6.20 Å². The Kier molecular flexibility index (Phi) is 5.96. The molecule has 2 heterocycles. The van der Waals surface area contributed by atoms with Crippen LogP contribution in [0.15, 0.2) is 59.7 Å². The summed E-state index contributed by atoms with van der Waals surface area (Å²) in [6, 6.07) is 11.5. The summed E-state index contributed by atoms with van der Waals surface area (Å²) >= 11 is 6.92. The van der Waals surface area contributed by atoms with Gasteiger partial charge in [-0.05, 0) is 49.6 Å². The molecule has 30 heavy (non-hydrogen) atoms. The van der Waals surface area contributed by atoms with Crippen LogP contribution in [0.4, 0.5) is 0 Å². The van der Waals surface area contributed by atoms with Gasteiger partial charge in [0, 0.05) is 35.6 Å².